The molecule has 0 saturated heterocycles. The van der Waals surface area contributed by atoms with Gasteiger partial charge in [0.15, 0.2) is 0 Å². The second-order valence-electron chi connectivity index (χ2n) is 15.3. The Morgan fingerprint density at radius 1 is 0.300 bits per heavy atom. The summed E-state index contributed by atoms with van der Waals surface area (Å²) in [5.41, 5.74) is 16.5. The molecule has 0 amide bonds. The molecule has 1 aromatic heterocycles. The number of nitrogens with zero attached hydrogens (tertiary/aromatic N) is 2. The van der Waals surface area contributed by atoms with Crippen molar-refractivity contribution in [3.63, 3.8) is 0 Å². The minimum Gasteiger partial charge on any atom is -0.311 e. The van der Waals surface area contributed by atoms with E-state index in [1.54, 1.807) is 0 Å². The molecule has 2 nitrogen and oxygen atoms in total. The first-order chi connectivity index (χ1) is 29.8. The molecule has 10 aromatic carbocycles. The Morgan fingerprint density at radius 2 is 0.683 bits per heavy atom. The first-order valence-electron chi connectivity index (χ1n) is 20.6. The van der Waals surface area contributed by atoms with Crippen LogP contribution in [0.3, 0.4) is 0 Å². The number of hydrogen-bond acceptors (Lipinski definition) is 1. The van der Waals surface area contributed by atoms with E-state index >= 15 is 0 Å². The highest BCUT2D eigenvalue weighted by molar-refractivity contribution is 6.24. The Balaban J connectivity index is 1.05. The first kappa shape index (κ1) is 35.2. The third kappa shape index (κ3) is 6.32. The highest BCUT2D eigenvalue weighted by Gasteiger charge is 2.20. The Bertz CT molecular complexity index is 3160. The summed E-state index contributed by atoms with van der Waals surface area (Å²) >= 11 is 0. The van der Waals surface area contributed by atoms with Gasteiger partial charge in [0.2, 0.25) is 0 Å². The average molecular weight is 765 g/mol. The third-order valence-corrected chi connectivity index (χ3v) is 11.8. The van der Waals surface area contributed by atoms with Crippen LogP contribution in [0.5, 0.6) is 0 Å². The maximum Gasteiger partial charge on any atom is 0.0625 e. The van der Waals surface area contributed by atoms with E-state index in [2.05, 4.69) is 252 Å². The molecule has 0 atom stereocenters. The molecule has 11 rings (SSSR count). The van der Waals surface area contributed by atoms with Crippen LogP contribution < -0.4 is 4.90 Å². The molecule has 1 heterocycles. The number of anilines is 3. The fourth-order valence-electron chi connectivity index (χ4n) is 8.87. The van der Waals surface area contributed by atoms with Crippen LogP contribution >= 0.6 is 0 Å². The Morgan fingerprint density at radius 3 is 1.18 bits per heavy atom. The molecule has 60 heavy (non-hydrogen) atoms. The minimum atomic E-state index is 1.09. The van der Waals surface area contributed by atoms with Gasteiger partial charge in [-0.25, -0.2) is 0 Å². The van der Waals surface area contributed by atoms with Crippen LogP contribution in [-0.2, 0) is 0 Å². The number of rotatable bonds is 8. The lowest BCUT2D eigenvalue weighted by Crippen LogP contribution is -2.09. The van der Waals surface area contributed by atoms with Crippen molar-refractivity contribution in [2.75, 3.05) is 4.90 Å². The fourth-order valence-corrected chi connectivity index (χ4v) is 8.87. The lowest BCUT2D eigenvalue weighted by Gasteiger charge is -2.26. The molecule has 0 bridgehead atoms. The molecule has 0 spiro atoms. The lowest BCUT2D eigenvalue weighted by atomic mass is 9.95. The second kappa shape index (κ2) is 15.1. The zero-order valence-corrected chi connectivity index (χ0v) is 33.0. The Kier molecular flexibility index (Phi) is 8.87. The van der Waals surface area contributed by atoms with Gasteiger partial charge in [0.05, 0.1) is 11.0 Å². The summed E-state index contributed by atoms with van der Waals surface area (Å²) in [6.07, 6.45) is 0. The maximum atomic E-state index is 2.46. The van der Waals surface area contributed by atoms with E-state index in [4.69, 9.17) is 0 Å². The van der Waals surface area contributed by atoms with E-state index in [-0.39, 0.29) is 0 Å². The summed E-state index contributed by atoms with van der Waals surface area (Å²) in [5, 5.41) is 4.95. The van der Waals surface area contributed by atoms with E-state index in [0.29, 0.717) is 0 Å². The molecule has 0 N–H and O–H groups in total. The van der Waals surface area contributed by atoms with Crippen LogP contribution in [0.2, 0.25) is 0 Å². The summed E-state index contributed by atoms with van der Waals surface area (Å²) in [6, 6.07) is 87.8. The van der Waals surface area contributed by atoms with Crippen LogP contribution in [0.1, 0.15) is 0 Å². The summed E-state index contributed by atoms with van der Waals surface area (Å²) in [4.78, 5) is 2.36. The summed E-state index contributed by atoms with van der Waals surface area (Å²) in [5.74, 6) is 0. The van der Waals surface area contributed by atoms with E-state index in [1.807, 2.05) is 0 Å². The molecule has 0 aliphatic carbocycles. The number of para-hydroxylation sites is 1. The molecule has 0 fully saturated rings. The van der Waals surface area contributed by atoms with E-state index < -0.39 is 0 Å². The van der Waals surface area contributed by atoms with Crippen LogP contribution in [0.4, 0.5) is 17.1 Å². The van der Waals surface area contributed by atoms with Gasteiger partial charge in [-0.05, 0) is 111 Å². The standard InChI is InChI=1S/C58H40N2/c1-4-14-41(15-5-1)44-24-32-49(33-25-44)59(50-34-26-45(27-35-50)42-16-6-2-7-17-42)51-38-30-47(31-39-51)55-40-48-20-10-11-21-53(48)58-57(55)54-22-12-13-23-56(54)60(58)52-36-28-46(29-37-52)43-18-8-3-9-19-43/h1-40H. The number of aromatic nitrogens is 1. The Labute approximate surface area is 350 Å². The van der Waals surface area contributed by atoms with Crippen molar-refractivity contribution in [3.8, 4) is 50.2 Å². The van der Waals surface area contributed by atoms with Gasteiger partial charge >= 0.3 is 0 Å². The normalized spacial score (nSPS) is 11.3. The van der Waals surface area contributed by atoms with Gasteiger partial charge in [-0.2, -0.15) is 0 Å². The monoisotopic (exact) mass is 764 g/mol. The molecule has 282 valence electrons. The van der Waals surface area contributed by atoms with E-state index in [1.165, 1.54) is 77.1 Å². The SMILES string of the molecule is c1ccc(-c2ccc(N(c3ccc(-c4ccccc4)cc3)c3ccc(-c4cc5ccccc5c5c4c4ccccc4n5-c4ccc(-c5ccccc5)cc4)cc3)cc2)cc1. The quantitative estimate of drug-likeness (QED) is 0.150. The highest BCUT2D eigenvalue weighted by Crippen LogP contribution is 2.44. The predicted octanol–water partition coefficient (Wildman–Crippen LogP) is 16.1. The van der Waals surface area contributed by atoms with Gasteiger partial charge in [0, 0.05) is 38.9 Å². The van der Waals surface area contributed by atoms with Gasteiger partial charge in [-0.3, -0.25) is 0 Å². The highest BCUT2D eigenvalue weighted by atomic mass is 15.1. The van der Waals surface area contributed by atoms with Gasteiger partial charge < -0.3 is 9.47 Å². The first-order valence-corrected chi connectivity index (χ1v) is 20.6. The second-order valence-corrected chi connectivity index (χ2v) is 15.3. The molecule has 0 unspecified atom stereocenters. The van der Waals surface area contributed by atoms with Crippen molar-refractivity contribution in [1.82, 2.24) is 4.57 Å². The fraction of sp³-hybridized carbons (Fsp3) is 0. The van der Waals surface area contributed by atoms with Crippen LogP contribution in [0, 0.1) is 0 Å². The van der Waals surface area contributed by atoms with Gasteiger partial charge in [-0.1, -0.05) is 182 Å². The zero-order valence-electron chi connectivity index (χ0n) is 33.0. The number of fused-ring (bicyclic) bond motifs is 5. The van der Waals surface area contributed by atoms with Crippen molar-refractivity contribution in [2.45, 2.75) is 0 Å². The van der Waals surface area contributed by atoms with Crippen molar-refractivity contribution >= 4 is 49.6 Å². The van der Waals surface area contributed by atoms with Gasteiger partial charge in [0.1, 0.15) is 0 Å². The molecule has 0 aliphatic rings. The van der Waals surface area contributed by atoms with Gasteiger partial charge in [-0.15, -0.1) is 0 Å². The van der Waals surface area contributed by atoms with Crippen LogP contribution in [-0.4, -0.2) is 4.57 Å². The Hall–Kier alpha value is -7.94. The molecule has 0 radical (unpaired) electrons. The summed E-state index contributed by atoms with van der Waals surface area (Å²) in [7, 11) is 0. The van der Waals surface area contributed by atoms with E-state index in [9.17, 15) is 0 Å². The van der Waals surface area contributed by atoms with Crippen LogP contribution in [0.15, 0.2) is 243 Å². The largest absolute Gasteiger partial charge is 0.311 e. The van der Waals surface area contributed by atoms with Crippen molar-refractivity contribution < 1.29 is 0 Å². The summed E-state index contributed by atoms with van der Waals surface area (Å²) < 4.78 is 2.46. The molecule has 0 aliphatic heterocycles. The molecule has 11 aromatic rings. The lowest BCUT2D eigenvalue weighted by molar-refractivity contribution is 1.19. The van der Waals surface area contributed by atoms with Crippen molar-refractivity contribution in [2.24, 2.45) is 0 Å². The maximum absolute atomic E-state index is 2.46. The zero-order chi connectivity index (χ0) is 39.8. The van der Waals surface area contributed by atoms with Gasteiger partial charge in [0.25, 0.3) is 0 Å². The molecule has 0 saturated carbocycles. The number of benzene rings is 10. The predicted molar refractivity (Wildman–Crippen MR) is 255 cm³/mol. The van der Waals surface area contributed by atoms with Crippen molar-refractivity contribution in [3.05, 3.63) is 243 Å². The topological polar surface area (TPSA) is 8.17 Å². The number of hydrogen-bond donors (Lipinski definition) is 0. The molecule has 2 heteroatoms. The smallest absolute Gasteiger partial charge is 0.0625 e. The minimum absolute atomic E-state index is 1.09. The average Bonchev–Trinajstić information content (AvgIpc) is 3.69. The van der Waals surface area contributed by atoms with Crippen LogP contribution in [0.25, 0.3) is 82.8 Å². The van der Waals surface area contributed by atoms with E-state index in [0.717, 1.165) is 22.7 Å². The third-order valence-electron chi connectivity index (χ3n) is 11.8. The molecular formula is C58H40N2. The van der Waals surface area contributed by atoms with Crippen molar-refractivity contribution in [1.29, 1.82) is 0 Å². The summed E-state index contributed by atoms with van der Waals surface area (Å²) in [6.45, 7) is 0. The molecular weight excluding hydrogens is 725 g/mol.